The van der Waals surface area contributed by atoms with Crippen LogP contribution in [0.15, 0.2) is 24.3 Å². The highest BCUT2D eigenvalue weighted by molar-refractivity contribution is 5.94. The zero-order chi connectivity index (χ0) is 16.1. The molecule has 0 saturated carbocycles. The van der Waals surface area contributed by atoms with Crippen molar-refractivity contribution in [1.29, 1.82) is 0 Å². The summed E-state index contributed by atoms with van der Waals surface area (Å²) in [6.45, 7) is 4.89. The lowest BCUT2D eigenvalue weighted by Crippen LogP contribution is -2.50. The molecule has 0 aromatic heterocycles. The molecule has 6 heteroatoms. The predicted molar refractivity (Wildman–Crippen MR) is 92.1 cm³/mol. The number of nitrogens with zero attached hydrogens (tertiary/aromatic N) is 1. The van der Waals surface area contributed by atoms with E-state index in [2.05, 4.69) is 6.92 Å². The predicted octanol–water partition coefficient (Wildman–Crippen LogP) is 2.28. The molecule has 128 valence electrons. The zero-order valence-corrected chi connectivity index (χ0v) is 14.5. The van der Waals surface area contributed by atoms with Gasteiger partial charge in [-0.2, -0.15) is 0 Å². The first-order valence-electron chi connectivity index (χ1n) is 7.74. The van der Waals surface area contributed by atoms with Gasteiger partial charge in [0.25, 0.3) is 5.91 Å². The van der Waals surface area contributed by atoms with Crippen molar-refractivity contribution in [1.82, 2.24) is 4.90 Å². The number of likely N-dealkylation sites (tertiary alicyclic amines) is 1. The Labute approximate surface area is 143 Å². The summed E-state index contributed by atoms with van der Waals surface area (Å²) in [6, 6.07) is 6.99. The monoisotopic (exact) mass is 340 g/mol. The molecule has 1 amide bonds. The van der Waals surface area contributed by atoms with Gasteiger partial charge < -0.3 is 15.4 Å². The number of piperidine rings is 1. The number of Topliss-reactive ketones (excluding diaryl/α,β-unsaturated/α-hetero) is 1. The molecule has 1 aromatic rings. The normalized spacial score (nSPS) is 20.6. The number of hydrogen-bond donors (Lipinski definition) is 1. The molecule has 2 N–H and O–H groups in total. The van der Waals surface area contributed by atoms with E-state index in [9.17, 15) is 9.59 Å². The third kappa shape index (κ3) is 5.22. The first-order chi connectivity index (χ1) is 10.5. The minimum absolute atomic E-state index is 0. The summed E-state index contributed by atoms with van der Waals surface area (Å²) in [4.78, 5) is 25.5. The molecular formula is C17H25ClN2O3. The van der Waals surface area contributed by atoms with E-state index in [0.29, 0.717) is 23.8 Å². The molecule has 23 heavy (non-hydrogen) atoms. The summed E-state index contributed by atoms with van der Waals surface area (Å²) in [6.07, 6.45) is 1.95. The molecule has 1 heterocycles. The van der Waals surface area contributed by atoms with E-state index in [1.165, 1.54) is 6.92 Å². The van der Waals surface area contributed by atoms with Crippen molar-refractivity contribution in [2.75, 3.05) is 19.7 Å². The number of carbonyl (C=O) groups excluding carboxylic acids is 2. The lowest BCUT2D eigenvalue weighted by Gasteiger charge is -2.37. The molecule has 0 aliphatic carbocycles. The Morgan fingerprint density at radius 3 is 2.78 bits per heavy atom. The molecule has 0 bridgehead atoms. The van der Waals surface area contributed by atoms with E-state index in [1.54, 1.807) is 24.3 Å². The average molecular weight is 341 g/mol. The molecule has 1 saturated heterocycles. The number of carbonyl (C=O) groups is 2. The maximum atomic E-state index is 12.3. The molecule has 0 radical (unpaired) electrons. The molecular weight excluding hydrogens is 316 g/mol. The van der Waals surface area contributed by atoms with Crippen molar-refractivity contribution < 1.29 is 14.3 Å². The van der Waals surface area contributed by atoms with Crippen LogP contribution < -0.4 is 10.5 Å². The molecule has 1 aliphatic heterocycles. The number of hydrogen-bond acceptors (Lipinski definition) is 4. The van der Waals surface area contributed by atoms with Crippen molar-refractivity contribution in [3.63, 3.8) is 0 Å². The first kappa shape index (κ1) is 19.5. The van der Waals surface area contributed by atoms with Crippen molar-refractivity contribution in [3.05, 3.63) is 29.8 Å². The Morgan fingerprint density at radius 1 is 1.39 bits per heavy atom. The van der Waals surface area contributed by atoms with Crippen LogP contribution >= 0.6 is 12.4 Å². The number of nitrogens with two attached hydrogens (primary N) is 1. The lowest BCUT2D eigenvalue weighted by molar-refractivity contribution is -0.137. The van der Waals surface area contributed by atoms with Gasteiger partial charge in [0, 0.05) is 24.7 Å². The van der Waals surface area contributed by atoms with Crippen LogP contribution in [-0.4, -0.2) is 42.3 Å². The van der Waals surface area contributed by atoms with Crippen LogP contribution in [-0.2, 0) is 4.79 Å². The lowest BCUT2D eigenvalue weighted by atomic mass is 9.92. The maximum Gasteiger partial charge on any atom is 0.260 e. The smallest absolute Gasteiger partial charge is 0.260 e. The number of ketones is 1. The van der Waals surface area contributed by atoms with Crippen LogP contribution in [0.2, 0.25) is 0 Å². The standard InChI is InChI=1S/C17H24N2O3.ClH/c1-12-6-7-19(15(8-12)10-18)17(21)11-22-16-5-3-4-14(9-16)13(2)20;/h3-5,9,12,15H,6-8,10-11,18H2,1-2H3;1H. The molecule has 1 fully saturated rings. The summed E-state index contributed by atoms with van der Waals surface area (Å²) in [5.41, 5.74) is 6.36. The Hall–Kier alpha value is -1.59. The van der Waals surface area contributed by atoms with Gasteiger partial charge in [0.1, 0.15) is 5.75 Å². The summed E-state index contributed by atoms with van der Waals surface area (Å²) < 4.78 is 5.55. The zero-order valence-electron chi connectivity index (χ0n) is 13.7. The van der Waals surface area contributed by atoms with Gasteiger partial charge in [-0.3, -0.25) is 9.59 Å². The van der Waals surface area contributed by atoms with Gasteiger partial charge in [-0.15, -0.1) is 12.4 Å². The highest BCUT2D eigenvalue weighted by Crippen LogP contribution is 2.22. The molecule has 5 nitrogen and oxygen atoms in total. The van der Waals surface area contributed by atoms with Gasteiger partial charge in [-0.25, -0.2) is 0 Å². The van der Waals surface area contributed by atoms with Crippen molar-refractivity contribution in [2.24, 2.45) is 11.7 Å². The number of benzene rings is 1. The van der Waals surface area contributed by atoms with Crippen LogP contribution in [0, 0.1) is 5.92 Å². The van der Waals surface area contributed by atoms with Crippen LogP contribution in [0.4, 0.5) is 0 Å². The molecule has 1 aliphatic rings. The minimum Gasteiger partial charge on any atom is -0.484 e. The second-order valence-electron chi connectivity index (χ2n) is 5.98. The summed E-state index contributed by atoms with van der Waals surface area (Å²) in [5.74, 6) is 1.07. The molecule has 1 aromatic carbocycles. The van der Waals surface area contributed by atoms with Gasteiger partial charge in [-0.05, 0) is 37.8 Å². The fourth-order valence-corrected chi connectivity index (χ4v) is 2.84. The third-order valence-electron chi connectivity index (χ3n) is 4.17. The van der Waals surface area contributed by atoms with E-state index in [4.69, 9.17) is 10.5 Å². The number of rotatable bonds is 5. The fourth-order valence-electron chi connectivity index (χ4n) is 2.84. The second kappa shape index (κ2) is 8.89. The van der Waals surface area contributed by atoms with Gasteiger partial charge >= 0.3 is 0 Å². The Morgan fingerprint density at radius 2 is 2.13 bits per heavy atom. The van der Waals surface area contributed by atoms with Crippen molar-refractivity contribution >= 4 is 24.1 Å². The number of halogens is 1. The quantitative estimate of drug-likeness (QED) is 0.834. The summed E-state index contributed by atoms with van der Waals surface area (Å²) in [7, 11) is 0. The highest BCUT2D eigenvalue weighted by Gasteiger charge is 2.28. The largest absolute Gasteiger partial charge is 0.484 e. The SMILES string of the molecule is CC(=O)c1cccc(OCC(=O)N2CCC(C)CC2CN)c1.Cl. The highest BCUT2D eigenvalue weighted by atomic mass is 35.5. The first-order valence-corrected chi connectivity index (χ1v) is 7.74. The van der Waals surface area contributed by atoms with Gasteiger partial charge in [0.2, 0.25) is 0 Å². The van der Waals surface area contributed by atoms with Crippen LogP contribution in [0.1, 0.15) is 37.0 Å². The molecule has 2 atom stereocenters. The molecule has 2 rings (SSSR count). The van der Waals surface area contributed by atoms with Gasteiger partial charge in [0.05, 0.1) is 0 Å². The van der Waals surface area contributed by atoms with Crippen LogP contribution in [0.25, 0.3) is 0 Å². The van der Waals surface area contributed by atoms with E-state index < -0.39 is 0 Å². The van der Waals surface area contributed by atoms with E-state index >= 15 is 0 Å². The van der Waals surface area contributed by atoms with Crippen LogP contribution in [0.5, 0.6) is 5.75 Å². The topological polar surface area (TPSA) is 72.6 Å². The Kier molecular flexibility index (Phi) is 7.52. The average Bonchev–Trinajstić information content (AvgIpc) is 2.52. The fraction of sp³-hybridized carbons (Fsp3) is 0.529. The summed E-state index contributed by atoms with van der Waals surface area (Å²) >= 11 is 0. The van der Waals surface area contributed by atoms with E-state index in [-0.39, 0.29) is 36.7 Å². The Balaban J connectivity index is 0.00000264. The third-order valence-corrected chi connectivity index (χ3v) is 4.17. The molecule has 2 unspecified atom stereocenters. The number of amides is 1. The van der Waals surface area contributed by atoms with E-state index in [0.717, 1.165) is 19.4 Å². The van der Waals surface area contributed by atoms with Crippen LogP contribution in [0.3, 0.4) is 0 Å². The maximum absolute atomic E-state index is 12.3. The molecule has 0 spiro atoms. The number of ether oxygens (including phenoxy) is 1. The van der Waals surface area contributed by atoms with Crippen molar-refractivity contribution in [3.8, 4) is 5.75 Å². The van der Waals surface area contributed by atoms with Gasteiger partial charge in [-0.1, -0.05) is 19.1 Å². The van der Waals surface area contributed by atoms with Gasteiger partial charge in [0.15, 0.2) is 12.4 Å². The summed E-state index contributed by atoms with van der Waals surface area (Å²) in [5, 5.41) is 0. The minimum atomic E-state index is -0.0458. The van der Waals surface area contributed by atoms with E-state index in [1.807, 2.05) is 4.90 Å². The van der Waals surface area contributed by atoms with Crippen molar-refractivity contribution in [2.45, 2.75) is 32.7 Å². The second-order valence-corrected chi connectivity index (χ2v) is 5.98. The Bertz CT molecular complexity index is 550.